The number of ether oxygens (including phenoxy) is 4. The summed E-state index contributed by atoms with van der Waals surface area (Å²) in [7, 11) is -4.48. The van der Waals surface area contributed by atoms with Gasteiger partial charge < -0.3 is 37.2 Å². The maximum atomic E-state index is 12.6. The van der Waals surface area contributed by atoms with Gasteiger partial charge in [0, 0.05) is 34.8 Å². The van der Waals surface area contributed by atoms with Gasteiger partial charge in [0.1, 0.15) is 31.8 Å². The van der Waals surface area contributed by atoms with Crippen LogP contribution in [0.3, 0.4) is 0 Å². The van der Waals surface area contributed by atoms with Crippen molar-refractivity contribution in [2.45, 2.75) is 37.9 Å². The molecule has 0 aromatic heterocycles. The van der Waals surface area contributed by atoms with Gasteiger partial charge in [0.2, 0.25) is 5.12 Å². The van der Waals surface area contributed by atoms with Crippen LogP contribution in [0.1, 0.15) is 32.6 Å². The maximum absolute atomic E-state index is 12.6. The predicted molar refractivity (Wildman–Crippen MR) is 143 cm³/mol. The standard InChI is InChI=1S/C20H32O19S5/c1-14(44(34,35)9-5-18(24)43(32)33)19(25)39-13-20(10-36-15(21)2-6-40(26)27,11-37-16(22)3-7-41(28)29)12-38-17(23)4-8-42(30)31/h14H,2-13H2,1H3,(H,26,27)(H,28,29)(H,30,31)(H,32,33)/p-4. The van der Waals surface area contributed by atoms with E-state index in [1.54, 1.807) is 0 Å². The van der Waals surface area contributed by atoms with Gasteiger partial charge in [-0.2, -0.15) is 0 Å². The minimum Gasteiger partial charge on any atom is -0.772 e. The highest BCUT2D eigenvalue weighted by atomic mass is 32.2. The second-order valence-corrected chi connectivity index (χ2v) is 15.1. The van der Waals surface area contributed by atoms with Gasteiger partial charge in [-0.15, -0.1) is 0 Å². The molecule has 0 aliphatic carbocycles. The summed E-state index contributed by atoms with van der Waals surface area (Å²) >= 11 is -11.2. The van der Waals surface area contributed by atoms with Crippen molar-refractivity contribution in [3.05, 3.63) is 0 Å². The van der Waals surface area contributed by atoms with Gasteiger partial charge in [-0.3, -0.25) is 40.8 Å². The molecule has 0 spiro atoms. The first-order valence-electron chi connectivity index (χ1n) is 11.9. The van der Waals surface area contributed by atoms with E-state index < -0.39 is 169 Å². The van der Waals surface area contributed by atoms with E-state index in [1.807, 2.05) is 0 Å². The molecule has 24 heteroatoms. The lowest BCUT2D eigenvalue weighted by molar-refractivity contribution is -0.170. The normalized spacial score (nSPS) is 16.3. The molecule has 19 nitrogen and oxygen atoms in total. The van der Waals surface area contributed by atoms with Crippen molar-refractivity contribution >= 4 is 83.2 Å². The van der Waals surface area contributed by atoms with E-state index in [4.69, 9.17) is 18.9 Å². The topological polar surface area (TPSA) is 317 Å². The molecule has 0 aliphatic heterocycles. The van der Waals surface area contributed by atoms with E-state index in [2.05, 4.69) is 0 Å². The summed E-state index contributed by atoms with van der Waals surface area (Å²) in [6, 6.07) is 0. The molecule has 0 aliphatic rings. The SMILES string of the molecule is CC(C(=O)OCC(COC(=O)CCS(=O)[O-])(COC(=O)CCS(=O)[O-])COC(=O)CCS(=O)[O-])S(=O)(=O)CCC(=O)S(=O)[O-]. The number of esters is 4. The van der Waals surface area contributed by atoms with Crippen LogP contribution in [0.25, 0.3) is 0 Å². The molecule has 44 heavy (non-hydrogen) atoms. The van der Waals surface area contributed by atoms with Crippen LogP contribution in [0.15, 0.2) is 0 Å². The van der Waals surface area contributed by atoms with Gasteiger partial charge in [0.15, 0.2) is 15.1 Å². The Labute approximate surface area is 261 Å². The number of carbonyl (C=O) groups excluding carboxylic acids is 5. The number of hydrogen-bond donors (Lipinski definition) is 0. The van der Waals surface area contributed by atoms with Crippen LogP contribution in [-0.2, 0) is 97.1 Å². The summed E-state index contributed by atoms with van der Waals surface area (Å²) in [6.45, 7) is -2.93. The molecular formula is C20H28O19S5-4. The molecule has 0 saturated heterocycles. The van der Waals surface area contributed by atoms with Crippen molar-refractivity contribution in [3.63, 3.8) is 0 Å². The third-order valence-corrected chi connectivity index (χ3v) is 9.44. The molecule has 0 aromatic carbocycles. The van der Waals surface area contributed by atoms with Crippen LogP contribution in [-0.4, -0.2) is 127 Å². The third-order valence-electron chi connectivity index (χ3n) is 5.20. The average molecular weight is 733 g/mol. The Kier molecular flexibility index (Phi) is 19.9. The Morgan fingerprint density at radius 1 is 0.636 bits per heavy atom. The molecule has 0 radical (unpaired) electrons. The van der Waals surface area contributed by atoms with Crippen molar-refractivity contribution in [1.29, 1.82) is 0 Å². The lowest BCUT2D eigenvalue weighted by atomic mass is 9.92. The Balaban J connectivity index is 6.05. The highest BCUT2D eigenvalue weighted by Crippen LogP contribution is 2.23. The molecule has 256 valence electrons. The number of carbonyl (C=O) groups is 5. The zero-order valence-corrected chi connectivity index (χ0v) is 26.9. The Morgan fingerprint density at radius 2 is 0.977 bits per heavy atom. The largest absolute Gasteiger partial charge is 0.772 e. The Bertz CT molecular complexity index is 1150. The van der Waals surface area contributed by atoms with Gasteiger partial charge in [-0.05, 0) is 6.92 Å². The zero-order valence-electron chi connectivity index (χ0n) is 22.9. The first-order chi connectivity index (χ1) is 20.3. The summed E-state index contributed by atoms with van der Waals surface area (Å²) in [5.74, 6) is -7.95. The van der Waals surface area contributed by atoms with Crippen molar-refractivity contribution in [3.8, 4) is 0 Å². The fourth-order valence-electron chi connectivity index (χ4n) is 2.64. The van der Waals surface area contributed by atoms with Crippen molar-refractivity contribution in [2.75, 3.05) is 49.4 Å². The molecule has 0 rings (SSSR count). The van der Waals surface area contributed by atoms with Gasteiger partial charge in [0.05, 0.1) is 25.0 Å². The van der Waals surface area contributed by atoms with E-state index in [0.717, 1.165) is 6.92 Å². The van der Waals surface area contributed by atoms with Gasteiger partial charge in [0.25, 0.3) is 0 Å². The molecule has 0 saturated carbocycles. The van der Waals surface area contributed by atoms with E-state index >= 15 is 0 Å². The molecule has 0 aromatic rings. The number of rotatable bonds is 22. The zero-order chi connectivity index (χ0) is 34.1. The highest BCUT2D eigenvalue weighted by molar-refractivity contribution is 7.95. The first-order valence-corrected chi connectivity index (χ1v) is 18.5. The van der Waals surface area contributed by atoms with E-state index in [1.165, 1.54) is 0 Å². The Morgan fingerprint density at radius 3 is 1.30 bits per heavy atom. The van der Waals surface area contributed by atoms with Gasteiger partial charge >= 0.3 is 23.9 Å². The van der Waals surface area contributed by atoms with Crippen LogP contribution in [0, 0.1) is 5.41 Å². The predicted octanol–water partition coefficient (Wildman–Crippen LogP) is -3.45. The van der Waals surface area contributed by atoms with E-state index in [0.29, 0.717) is 0 Å². The van der Waals surface area contributed by atoms with E-state index in [9.17, 15) is 67.4 Å². The molecule has 0 bridgehead atoms. The fraction of sp³-hybridized carbons (Fsp3) is 0.750. The summed E-state index contributed by atoms with van der Waals surface area (Å²) in [5, 5.41) is -3.44. The van der Waals surface area contributed by atoms with Crippen LogP contribution >= 0.6 is 0 Å². The second-order valence-electron chi connectivity index (χ2n) is 8.73. The molecule has 0 heterocycles. The van der Waals surface area contributed by atoms with E-state index in [-0.39, 0.29) is 0 Å². The van der Waals surface area contributed by atoms with Crippen LogP contribution in [0.5, 0.6) is 0 Å². The van der Waals surface area contributed by atoms with Gasteiger partial charge in [-0.25, -0.2) is 8.42 Å². The quantitative estimate of drug-likeness (QED) is 0.0593. The fourth-order valence-corrected chi connectivity index (χ4v) is 5.22. The Hall–Kier alpha value is -2.06. The molecular weight excluding hydrogens is 705 g/mol. The van der Waals surface area contributed by atoms with Crippen LogP contribution in [0.2, 0.25) is 0 Å². The summed E-state index contributed by atoms with van der Waals surface area (Å²) in [5.41, 5.74) is -2.03. The lowest BCUT2D eigenvalue weighted by Crippen LogP contribution is -2.45. The summed E-state index contributed by atoms with van der Waals surface area (Å²) in [4.78, 5) is 60.1. The molecule has 0 N–H and O–H groups in total. The lowest BCUT2D eigenvalue weighted by Gasteiger charge is -2.32. The highest BCUT2D eigenvalue weighted by Gasteiger charge is 2.39. The van der Waals surface area contributed by atoms with Gasteiger partial charge in [-0.1, -0.05) is 33.2 Å². The molecule has 5 atom stereocenters. The minimum atomic E-state index is -4.48. The second kappa shape index (κ2) is 20.9. The summed E-state index contributed by atoms with van der Waals surface area (Å²) < 4.78 is 131. The van der Waals surface area contributed by atoms with Crippen molar-refractivity contribution < 1.29 is 86.4 Å². The maximum Gasteiger partial charge on any atom is 0.324 e. The monoisotopic (exact) mass is 732 g/mol. The first kappa shape index (κ1) is 41.9. The van der Waals surface area contributed by atoms with Crippen molar-refractivity contribution in [2.24, 2.45) is 5.41 Å². The average Bonchev–Trinajstić information content (AvgIpc) is 2.94. The number of sulfone groups is 1. The summed E-state index contributed by atoms with van der Waals surface area (Å²) in [6.07, 6.45) is -2.98. The van der Waals surface area contributed by atoms with Crippen LogP contribution < -0.4 is 0 Å². The molecule has 0 amide bonds. The van der Waals surface area contributed by atoms with Crippen LogP contribution in [0.4, 0.5) is 0 Å². The molecule has 0 fully saturated rings. The minimum absolute atomic E-state index is 0.665. The smallest absolute Gasteiger partial charge is 0.324 e. The third kappa shape index (κ3) is 18.7. The molecule has 5 unspecified atom stereocenters. The van der Waals surface area contributed by atoms with Crippen molar-refractivity contribution in [1.82, 2.24) is 0 Å². The number of hydrogen-bond acceptors (Lipinski definition) is 19.